The molecule has 17 heavy (non-hydrogen) atoms. The number of nitrogens with zero attached hydrogens (tertiary/aromatic N) is 1. The number of benzene rings is 1. The topological polar surface area (TPSA) is 3.24 Å². The Kier molecular flexibility index (Phi) is 3.31. The van der Waals surface area contributed by atoms with Gasteiger partial charge in [0.1, 0.15) is 0 Å². The molecule has 0 N–H and O–H groups in total. The molecule has 1 heteroatoms. The van der Waals surface area contributed by atoms with Gasteiger partial charge in [0.2, 0.25) is 0 Å². The van der Waals surface area contributed by atoms with Crippen LogP contribution in [0, 0.1) is 5.92 Å². The summed E-state index contributed by atoms with van der Waals surface area (Å²) in [6, 6.07) is 7.11. The predicted molar refractivity (Wildman–Crippen MR) is 74.3 cm³/mol. The van der Waals surface area contributed by atoms with Crippen LogP contribution in [0.4, 0.5) is 0 Å². The van der Waals surface area contributed by atoms with Gasteiger partial charge < -0.3 is 4.90 Å². The first kappa shape index (κ1) is 12.6. The Morgan fingerprint density at radius 2 is 2.00 bits per heavy atom. The Bertz CT molecular complexity index is 404. The molecule has 0 saturated carbocycles. The molecule has 0 aromatic heterocycles. The summed E-state index contributed by atoms with van der Waals surface area (Å²) in [5.74, 6) is 0.738. The first-order chi connectivity index (χ1) is 7.88. The lowest BCUT2D eigenvalue weighted by Crippen LogP contribution is -2.39. The maximum absolute atomic E-state index is 2.43. The highest BCUT2D eigenvalue weighted by atomic mass is 15.1. The maximum Gasteiger partial charge on any atom is 0.0234 e. The van der Waals surface area contributed by atoms with Crippen molar-refractivity contribution in [3.05, 3.63) is 34.9 Å². The van der Waals surface area contributed by atoms with Crippen LogP contribution in [0.1, 0.15) is 44.4 Å². The highest BCUT2D eigenvalue weighted by molar-refractivity contribution is 5.39. The molecule has 0 aliphatic carbocycles. The fraction of sp³-hybridized carbons (Fsp3) is 0.625. The van der Waals surface area contributed by atoms with Gasteiger partial charge in [0.25, 0.3) is 0 Å². The van der Waals surface area contributed by atoms with Gasteiger partial charge in [0.15, 0.2) is 0 Å². The van der Waals surface area contributed by atoms with Crippen molar-refractivity contribution in [2.75, 3.05) is 13.6 Å². The quantitative estimate of drug-likeness (QED) is 0.751. The van der Waals surface area contributed by atoms with Crippen molar-refractivity contribution >= 4 is 0 Å². The number of rotatable bonds is 2. The van der Waals surface area contributed by atoms with Crippen LogP contribution >= 0.6 is 0 Å². The molecule has 94 valence electrons. The molecule has 1 heterocycles. The predicted octanol–water partition coefficient (Wildman–Crippen LogP) is 3.61. The molecule has 0 saturated heterocycles. The van der Waals surface area contributed by atoms with Gasteiger partial charge in [-0.05, 0) is 36.1 Å². The van der Waals surface area contributed by atoms with Crippen LogP contribution in [0.25, 0.3) is 0 Å². The van der Waals surface area contributed by atoms with Gasteiger partial charge in [0.05, 0.1) is 0 Å². The molecule has 0 bridgehead atoms. The normalized spacial score (nSPS) is 19.4. The SMILES string of the molecule is CC(C)Cc1ccc2c(c1)CN(C)CC2(C)C. The first-order valence-electron chi connectivity index (χ1n) is 6.69. The fourth-order valence-electron chi connectivity index (χ4n) is 3.14. The van der Waals surface area contributed by atoms with Crippen LogP contribution in [0.15, 0.2) is 18.2 Å². The van der Waals surface area contributed by atoms with Crippen LogP contribution < -0.4 is 0 Å². The lowest BCUT2D eigenvalue weighted by atomic mass is 9.78. The van der Waals surface area contributed by atoms with E-state index in [-0.39, 0.29) is 0 Å². The Morgan fingerprint density at radius 1 is 1.29 bits per heavy atom. The van der Waals surface area contributed by atoms with E-state index >= 15 is 0 Å². The highest BCUT2D eigenvalue weighted by Crippen LogP contribution is 2.33. The molecule has 0 atom stereocenters. The number of fused-ring (bicyclic) bond motifs is 1. The zero-order valence-electron chi connectivity index (χ0n) is 11.9. The molecule has 0 unspecified atom stereocenters. The summed E-state index contributed by atoms with van der Waals surface area (Å²) in [5.41, 5.74) is 4.86. The lowest BCUT2D eigenvalue weighted by Gasteiger charge is -2.38. The minimum Gasteiger partial charge on any atom is -0.301 e. The molecule has 0 amide bonds. The summed E-state index contributed by atoms with van der Waals surface area (Å²) < 4.78 is 0. The standard InChI is InChI=1S/C16H25N/c1-12(2)8-13-6-7-15-14(9-13)10-17(5)11-16(15,3)4/h6-7,9,12H,8,10-11H2,1-5H3. The largest absolute Gasteiger partial charge is 0.301 e. The van der Waals surface area contributed by atoms with Crippen molar-refractivity contribution in [2.24, 2.45) is 5.92 Å². The Hall–Kier alpha value is -0.820. The molecule has 1 aromatic rings. The average Bonchev–Trinajstić information content (AvgIpc) is 2.13. The monoisotopic (exact) mass is 231 g/mol. The maximum atomic E-state index is 2.43. The molecule has 2 rings (SSSR count). The third-order valence-corrected chi connectivity index (χ3v) is 3.65. The van der Waals surface area contributed by atoms with Crippen molar-refractivity contribution in [3.63, 3.8) is 0 Å². The van der Waals surface area contributed by atoms with E-state index in [0.29, 0.717) is 5.41 Å². The third kappa shape index (κ3) is 2.71. The minimum atomic E-state index is 0.290. The van der Waals surface area contributed by atoms with Gasteiger partial charge in [-0.15, -0.1) is 0 Å². The van der Waals surface area contributed by atoms with Gasteiger partial charge in [0, 0.05) is 18.5 Å². The van der Waals surface area contributed by atoms with Gasteiger partial charge in [-0.3, -0.25) is 0 Å². The molecule has 1 aromatic carbocycles. The van der Waals surface area contributed by atoms with Crippen LogP contribution in [-0.2, 0) is 18.4 Å². The van der Waals surface area contributed by atoms with E-state index in [1.54, 1.807) is 5.56 Å². The third-order valence-electron chi connectivity index (χ3n) is 3.65. The minimum absolute atomic E-state index is 0.290. The summed E-state index contributed by atoms with van der Waals surface area (Å²) >= 11 is 0. The Morgan fingerprint density at radius 3 is 2.65 bits per heavy atom. The highest BCUT2D eigenvalue weighted by Gasteiger charge is 2.29. The molecule has 0 radical (unpaired) electrons. The second kappa shape index (κ2) is 4.45. The van der Waals surface area contributed by atoms with Crippen molar-refractivity contribution in [1.29, 1.82) is 0 Å². The van der Waals surface area contributed by atoms with Crippen LogP contribution in [0.2, 0.25) is 0 Å². The number of likely N-dealkylation sites (N-methyl/N-ethyl adjacent to an activating group) is 1. The summed E-state index contributed by atoms with van der Waals surface area (Å²) in [4.78, 5) is 2.43. The van der Waals surface area contributed by atoms with Gasteiger partial charge in [-0.2, -0.15) is 0 Å². The Balaban J connectivity index is 2.35. The molecule has 1 nitrogen and oxygen atoms in total. The van der Waals surface area contributed by atoms with Gasteiger partial charge >= 0.3 is 0 Å². The summed E-state index contributed by atoms with van der Waals surface area (Å²) in [7, 11) is 2.22. The molecule has 1 aliphatic heterocycles. The van der Waals surface area contributed by atoms with Crippen molar-refractivity contribution in [3.8, 4) is 0 Å². The van der Waals surface area contributed by atoms with E-state index in [2.05, 4.69) is 57.8 Å². The van der Waals surface area contributed by atoms with Crippen LogP contribution in [0.5, 0.6) is 0 Å². The van der Waals surface area contributed by atoms with E-state index in [1.807, 2.05) is 0 Å². The van der Waals surface area contributed by atoms with Gasteiger partial charge in [-0.25, -0.2) is 0 Å². The van der Waals surface area contributed by atoms with Gasteiger partial charge in [-0.1, -0.05) is 45.9 Å². The first-order valence-corrected chi connectivity index (χ1v) is 6.69. The molecule has 0 fully saturated rings. The summed E-state index contributed by atoms with van der Waals surface area (Å²) in [6.07, 6.45) is 1.19. The zero-order chi connectivity index (χ0) is 12.6. The lowest BCUT2D eigenvalue weighted by molar-refractivity contribution is 0.235. The smallest absolute Gasteiger partial charge is 0.0234 e. The van der Waals surface area contributed by atoms with E-state index < -0.39 is 0 Å². The number of hydrogen-bond acceptors (Lipinski definition) is 1. The molecule has 1 aliphatic rings. The Labute approximate surface area is 106 Å². The fourth-order valence-corrected chi connectivity index (χ4v) is 3.14. The van der Waals surface area contributed by atoms with E-state index in [4.69, 9.17) is 0 Å². The second-order valence-electron chi connectivity index (χ2n) is 6.65. The second-order valence-corrected chi connectivity index (χ2v) is 6.65. The van der Waals surface area contributed by atoms with Crippen molar-refractivity contribution in [1.82, 2.24) is 4.90 Å². The van der Waals surface area contributed by atoms with Crippen molar-refractivity contribution < 1.29 is 0 Å². The van der Waals surface area contributed by atoms with E-state index in [1.165, 1.54) is 17.5 Å². The summed E-state index contributed by atoms with van der Waals surface area (Å²) in [6.45, 7) is 11.5. The van der Waals surface area contributed by atoms with Crippen LogP contribution in [-0.4, -0.2) is 18.5 Å². The summed E-state index contributed by atoms with van der Waals surface area (Å²) in [5, 5.41) is 0. The molecular formula is C16H25N. The molecular weight excluding hydrogens is 206 g/mol. The van der Waals surface area contributed by atoms with Crippen LogP contribution in [0.3, 0.4) is 0 Å². The number of hydrogen-bond donors (Lipinski definition) is 0. The van der Waals surface area contributed by atoms with E-state index in [0.717, 1.165) is 19.0 Å². The van der Waals surface area contributed by atoms with Crippen molar-refractivity contribution in [2.45, 2.75) is 46.1 Å². The van der Waals surface area contributed by atoms with E-state index in [9.17, 15) is 0 Å². The molecule has 0 spiro atoms. The average molecular weight is 231 g/mol. The zero-order valence-corrected chi connectivity index (χ0v) is 11.9.